The van der Waals surface area contributed by atoms with E-state index >= 15 is 0 Å². The first-order valence-corrected chi connectivity index (χ1v) is 8.63. The fourth-order valence-corrected chi connectivity index (χ4v) is 2.37. The van der Waals surface area contributed by atoms with E-state index in [-0.39, 0.29) is 12.5 Å². The van der Waals surface area contributed by atoms with Crippen LogP contribution in [-0.2, 0) is 24.3 Å². The van der Waals surface area contributed by atoms with Gasteiger partial charge in [-0.3, -0.25) is 4.79 Å². The molecule has 0 aliphatic rings. The van der Waals surface area contributed by atoms with E-state index in [1.54, 1.807) is 16.8 Å². The summed E-state index contributed by atoms with van der Waals surface area (Å²) in [6.07, 6.45) is 11.6. The second kappa shape index (κ2) is 10.2. The molecule has 0 unspecified atom stereocenters. The lowest BCUT2D eigenvalue weighted by Crippen LogP contribution is -2.28. The van der Waals surface area contributed by atoms with Crippen molar-refractivity contribution < 1.29 is 4.79 Å². The molecule has 6 heteroatoms. The molecule has 1 amide bonds. The third-order valence-corrected chi connectivity index (χ3v) is 3.80. The summed E-state index contributed by atoms with van der Waals surface area (Å²) < 4.78 is 1.60. The highest BCUT2D eigenvalue weighted by molar-refractivity contribution is 6.31. The number of aryl methyl sites for hydroxylation is 1. The number of nitrogens with zero attached hydrogens (tertiary/aromatic N) is 3. The highest BCUT2D eigenvalue weighted by Gasteiger charge is 2.09. The van der Waals surface area contributed by atoms with E-state index in [1.807, 2.05) is 43.3 Å². The van der Waals surface area contributed by atoms with Gasteiger partial charge in [0.05, 0.1) is 0 Å². The van der Waals surface area contributed by atoms with Crippen LogP contribution in [0.4, 0.5) is 0 Å². The molecule has 1 heterocycles. The molecule has 0 saturated carbocycles. The van der Waals surface area contributed by atoms with Crippen molar-refractivity contribution in [3.05, 3.63) is 70.8 Å². The number of rotatable bonds is 8. The SMILES string of the molecule is C#CC/C=C(Cl)\C=C/Cc1nc(C)n(CC(=O)NCc2ccccc2)n1. The number of halogens is 1. The predicted molar refractivity (Wildman–Crippen MR) is 103 cm³/mol. The number of nitrogens with one attached hydrogen (secondary N) is 1. The molecule has 0 aliphatic heterocycles. The predicted octanol–water partition coefficient (Wildman–Crippen LogP) is 3.15. The Hall–Kier alpha value is -2.84. The van der Waals surface area contributed by atoms with E-state index in [0.717, 1.165) is 5.56 Å². The first-order valence-electron chi connectivity index (χ1n) is 8.25. The number of carbonyl (C=O) groups is 1. The van der Waals surface area contributed by atoms with Crippen LogP contribution in [0, 0.1) is 19.3 Å². The lowest BCUT2D eigenvalue weighted by atomic mass is 10.2. The Labute approximate surface area is 158 Å². The van der Waals surface area contributed by atoms with Gasteiger partial charge in [0, 0.05) is 24.4 Å². The zero-order chi connectivity index (χ0) is 18.8. The average Bonchev–Trinajstić information content (AvgIpc) is 2.98. The summed E-state index contributed by atoms with van der Waals surface area (Å²) in [5.41, 5.74) is 1.05. The summed E-state index contributed by atoms with van der Waals surface area (Å²) in [6, 6.07) is 9.76. The highest BCUT2D eigenvalue weighted by atomic mass is 35.5. The molecular formula is C20H21ClN4O. The van der Waals surface area contributed by atoms with E-state index in [1.165, 1.54) is 0 Å². The van der Waals surface area contributed by atoms with Crippen LogP contribution in [-0.4, -0.2) is 20.7 Å². The van der Waals surface area contributed by atoms with Crippen LogP contribution in [0.25, 0.3) is 0 Å². The quantitative estimate of drug-likeness (QED) is 0.575. The maximum atomic E-state index is 12.1. The number of aromatic nitrogens is 3. The van der Waals surface area contributed by atoms with Gasteiger partial charge in [0.2, 0.25) is 5.91 Å². The summed E-state index contributed by atoms with van der Waals surface area (Å²) in [5, 5.41) is 7.82. The highest BCUT2D eigenvalue weighted by Crippen LogP contribution is 2.06. The average molecular weight is 369 g/mol. The van der Waals surface area contributed by atoms with Crippen molar-refractivity contribution in [2.75, 3.05) is 0 Å². The first kappa shape index (κ1) is 19.5. The Bertz CT molecular complexity index is 831. The number of amides is 1. The van der Waals surface area contributed by atoms with Crippen LogP contribution in [0.15, 0.2) is 53.6 Å². The van der Waals surface area contributed by atoms with Crippen molar-refractivity contribution in [1.82, 2.24) is 20.1 Å². The number of carbonyl (C=O) groups excluding carboxylic acids is 1. The molecule has 0 aliphatic carbocycles. The minimum Gasteiger partial charge on any atom is -0.350 e. The van der Waals surface area contributed by atoms with E-state index in [2.05, 4.69) is 21.3 Å². The lowest BCUT2D eigenvalue weighted by molar-refractivity contribution is -0.122. The molecule has 2 rings (SSSR count). The Kier molecular flexibility index (Phi) is 7.66. The summed E-state index contributed by atoms with van der Waals surface area (Å²) in [4.78, 5) is 16.5. The minimum atomic E-state index is -0.107. The van der Waals surface area contributed by atoms with Crippen LogP contribution in [0.5, 0.6) is 0 Å². The van der Waals surface area contributed by atoms with Gasteiger partial charge in [0.25, 0.3) is 0 Å². The molecule has 1 aromatic carbocycles. The molecule has 0 spiro atoms. The summed E-state index contributed by atoms with van der Waals surface area (Å²) in [7, 11) is 0. The minimum absolute atomic E-state index is 0.107. The van der Waals surface area contributed by atoms with Gasteiger partial charge >= 0.3 is 0 Å². The number of benzene rings is 1. The first-order chi connectivity index (χ1) is 12.6. The Morgan fingerprint density at radius 1 is 1.38 bits per heavy atom. The van der Waals surface area contributed by atoms with Crippen molar-refractivity contribution >= 4 is 17.5 Å². The standard InChI is InChI=1S/C20H21ClN4O/c1-3-4-11-18(21)12-8-13-19-23-16(2)25(24-19)15-20(26)22-14-17-9-6-5-7-10-17/h1,5-12H,4,13-15H2,2H3,(H,22,26)/b12-8-,18-11+. The second-order valence-electron chi connectivity index (χ2n) is 5.60. The summed E-state index contributed by atoms with van der Waals surface area (Å²) in [5.74, 6) is 3.72. The Balaban J connectivity index is 1.86. The zero-order valence-corrected chi connectivity index (χ0v) is 15.4. The molecule has 1 N–H and O–H groups in total. The smallest absolute Gasteiger partial charge is 0.242 e. The lowest BCUT2D eigenvalue weighted by Gasteiger charge is -2.06. The maximum absolute atomic E-state index is 12.1. The molecule has 0 saturated heterocycles. The number of terminal acetylenes is 1. The van der Waals surface area contributed by atoms with E-state index in [4.69, 9.17) is 18.0 Å². The van der Waals surface area contributed by atoms with Gasteiger partial charge in [-0.1, -0.05) is 54.1 Å². The summed E-state index contributed by atoms with van der Waals surface area (Å²) in [6.45, 7) is 2.45. The van der Waals surface area contributed by atoms with Crippen molar-refractivity contribution in [3.63, 3.8) is 0 Å². The Morgan fingerprint density at radius 2 is 2.15 bits per heavy atom. The normalized spacial score (nSPS) is 11.5. The van der Waals surface area contributed by atoms with Crippen molar-refractivity contribution in [2.45, 2.75) is 32.9 Å². The van der Waals surface area contributed by atoms with E-state index < -0.39 is 0 Å². The van der Waals surface area contributed by atoms with Gasteiger partial charge in [-0.15, -0.1) is 12.3 Å². The molecule has 0 radical (unpaired) electrons. The third-order valence-electron chi connectivity index (χ3n) is 3.52. The molecule has 0 fully saturated rings. The molecule has 5 nitrogen and oxygen atoms in total. The molecule has 0 atom stereocenters. The maximum Gasteiger partial charge on any atom is 0.242 e. The van der Waals surface area contributed by atoms with Crippen LogP contribution in [0.1, 0.15) is 23.6 Å². The summed E-state index contributed by atoms with van der Waals surface area (Å²) >= 11 is 6.00. The third kappa shape index (κ3) is 6.58. The van der Waals surface area contributed by atoms with Crippen LogP contribution >= 0.6 is 11.6 Å². The van der Waals surface area contributed by atoms with Gasteiger partial charge in [-0.05, 0) is 18.6 Å². The van der Waals surface area contributed by atoms with Crippen molar-refractivity contribution in [2.24, 2.45) is 0 Å². The fourth-order valence-electron chi connectivity index (χ4n) is 2.20. The topological polar surface area (TPSA) is 59.8 Å². The van der Waals surface area contributed by atoms with E-state index in [9.17, 15) is 4.79 Å². The molecule has 134 valence electrons. The number of hydrogen-bond donors (Lipinski definition) is 1. The van der Waals surface area contributed by atoms with Crippen LogP contribution < -0.4 is 5.32 Å². The number of hydrogen-bond acceptors (Lipinski definition) is 3. The van der Waals surface area contributed by atoms with Gasteiger partial charge in [0.1, 0.15) is 12.4 Å². The zero-order valence-electron chi connectivity index (χ0n) is 14.7. The van der Waals surface area contributed by atoms with Crippen molar-refractivity contribution in [1.29, 1.82) is 0 Å². The monoisotopic (exact) mass is 368 g/mol. The van der Waals surface area contributed by atoms with Gasteiger partial charge < -0.3 is 5.32 Å². The Morgan fingerprint density at radius 3 is 2.88 bits per heavy atom. The molecule has 0 bridgehead atoms. The van der Waals surface area contributed by atoms with E-state index in [0.29, 0.717) is 36.1 Å². The fraction of sp³-hybridized carbons (Fsp3) is 0.250. The van der Waals surface area contributed by atoms with Gasteiger partial charge in [-0.2, -0.15) is 5.10 Å². The molecular weight excluding hydrogens is 348 g/mol. The largest absolute Gasteiger partial charge is 0.350 e. The number of allylic oxidation sites excluding steroid dienone is 4. The van der Waals surface area contributed by atoms with Crippen LogP contribution in [0.3, 0.4) is 0 Å². The van der Waals surface area contributed by atoms with Gasteiger partial charge in [0.15, 0.2) is 5.82 Å². The molecule has 1 aromatic heterocycles. The molecule has 26 heavy (non-hydrogen) atoms. The van der Waals surface area contributed by atoms with Gasteiger partial charge in [-0.25, -0.2) is 9.67 Å². The van der Waals surface area contributed by atoms with Crippen LogP contribution in [0.2, 0.25) is 0 Å². The molecule has 2 aromatic rings. The second-order valence-corrected chi connectivity index (χ2v) is 6.04. The van der Waals surface area contributed by atoms with Crippen molar-refractivity contribution in [3.8, 4) is 12.3 Å².